The van der Waals surface area contributed by atoms with Crippen molar-refractivity contribution >= 4 is 17.5 Å². The second kappa shape index (κ2) is 6.52. The molecule has 2 aromatic rings. The zero-order chi connectivity index (χ0) is 14.5. The number of ether oxygens (including phenoxy) is 1. The number of rotatable bonds is 5. The largest absolute Gasteiger partial charge is 0.482 e. The van der Waals surface area contributed by atoms with Gasteiger partial charge in [-0.25, -0.2) is 4.39 Å². The molecule has 0 amide bonds. The molecule has 0 aliphatic rings. The van der Waals surface area contributed by atoms with Gasteiger partial charge in [-0.3, -0.25) is 4.79 Å². The van der Waals surface area contributed by atoms with Gasteiger partial charge in [0, 0.05) is 10.5 Å². The highest BCUT2D eigenvalue weighted by atomic mass is 32.2. The molecule has 104 valence electrons. The second-order valence-corrected chi connectivity index (χ2v) is 4.87. The van der Waals surface area contributed by atoms with E-state index in [4.69, 9.17) is 4.74 Å². The monoisotopic (exact) mass is 294 g/mol. The molecule has 0 spiro atoms. The first-order valence-corrected chi connectivity index (χ1v) is 7.08. The van der Waals surface area contributed by atoms with E-state index in [1.54, 1.807) is 23.9 Å². The predicted molar refractivity (Wildman–Crippen MR) is 74.4 cm³/mol. The van der Waals surface area contributed by atoms with E-state index in [0.717, 1.165) is 11.0 Å². The Hall–Kier alpha value is -1.88. The summed E-state index contributed by atoms with van der Waals surface area (Å²) in [5.74, 6) is -2.64. The molecule has 0 fully saturated rings. The highest BCUT2D eigenvalue weighted by Crippen LogP contribution is 2.20. The minimum atomic E-state index is -1.09. The van der Waals surface area contributed by atoms with Crippen LogP contribution in [0, 0.1) is 11.6 Å². The number of hydrogen-bond acceptors (Lipinski definition) is 3. The average Bonchev–Trinajstić information content (AvgIpc) is 2.48. The van der Waals surface area contributed by atoms with Crippen LogP contribution in [0.15, 0.2) is 47.4 Å². The fourth-order valence-corrected chi connectivity index (χ4v) is 2.01. The second-order valence-electron chi connectivity index (χ2n) is 3.99. The standard InChI is InChI=1S/C15H12F2O2S/c1-20-11-7-5-10(6-8-11)13(18)9-19-14-4-2-3-12(16)15(14)17/h2-8H,9H2,1H3. The maximum absolute atomic E-state index is 13.3. The summed E-state index contributed by atoms with van der Waals surface area (Å²) in [5.41, 5.74) is 0.472. The first kappa shape index (κ1) is 14.5. The summed E-state index contributed by atoms with van der Waals surface area (Å²) in [6.07, 6.45) is 1.94. The highest BCUT2D eigenvalue weighted by molar-refractivity contribution is 7.98. The van der Waals surface area contributed by atoms with Gasteiger partial charge in [0.05, 0.1) is 0 Å². The van der Waals surface area contributed by atoms with Crippen LogP contribution in [0.4, 0.5) is 8.78 Å². The van der Waals surface area contributed by atoms with Gasteiger partial charge in [0.1, 0.15) is 0 Å². The number of ketones is 1. The number of Topliss-reactive ketones (excluding diaryl/α,β-unsaturated/α-hetero) is 1. The van der Waals surface area contributed by atoms with Gasteiger partial charge in [0.2, 0.25) is 5.82 Å². The molecule has 0 aliphatic carbocycles. The Morgan fingerprint density at radius 1 is 1.15 bits per heavy atom. The Labute approximate surface area is 119 Å². The van der Waals surface area contributed by atoms with E-state index < -0.39 is 11.6 Å². The third-order valence-electron chi connectivity index (χ3n) is 2.69. The molecule has 2 nitrogen and oxygen atoms in total. The molecule has 0 atom stereocenters. The van der Waals surface area contributed by atoms with E-state index in [1.807, 2.05) is 18.4 Å². The Morgan fingerprint density at radius 2 is 1.85 bits per heavy atom. The summed E-state index contributed by atoms with van der Waals surface area (Å²) in [5, 5.41) is 0. The van der Waals surface area contributed by atoms with Crippen molar-refractivity contribution in [3.63, 3.8) is 0 Å². The predicted octanol–water partition coefficient (Wildman–Crippen LogP) is 3.95. The Kier molecular flexibility index (Phi) is 4.74. The fraction of sp³-hybridized carbons (Fsp3) is 0.133. The first-order valence-electron chi connectivity index (χ1n) is 5.86. The van der Waals surface area contributed by atoms with Crippen molar-refractivity contribution in [1.82, 2.24) is 0 Å². The van der Waals surface area contributed by atoms with Crippen LogP contribution in [0.5, 0.6) is 5.75 Å². The van der Waals surface area contributed by atoms with Crippen molar-refractivity contribution in [2.45, 2.75) is 4.90 Å². The average molecular weight is 294 g/mol. The molecular formula is C15H12F2O2S. The molecule has 20 heavy (non-hydrogen) atoms. The zero-order valence-corrected chi connectivity index (χ0v) is 11.5. The Bertz CT molecular complexity index is 612. The normalized spacial score (nSPS) is 10.3. The van der Waals surface area contributed by atoms with Crippen LogP contribution >= 0.6 is 11.8 Å². The summed E-state index contributed by atoms with van der Waals surface area (Å²) >= 11 is 1.57. The van der Waals surface area contributed by atoms with Crippen LogP contribution in [0.25, 0.3) is 0 Å². The third kappa shape index (κ3) is 3.36. The zero-order valence-electron chi connectivity index (χ0n) is 10.7. The molecule has 0 aromatic heterocycles. The van der Waals surface area contributed by atoms with Gasteiger partial charge < -0.3 is 4.74 Å². The van der Waals surface area contributed by atoms with Gasteiger partial charge >= 0.3 is 0 Å². The van der Waals surface area contributed by atoms with E-state index in [1.165, 1.54) is 12.1 Å². The maximum atomic E-state index is 13.3. The fourth-order valence-electron chi connectivity index (χ4n) is 1.60. The number of benzene rings is 2. The van der Waals surface area contributed by atoms with Gasteiger partial charge in [-0.1, -0.05) is 18.2 Å². The molecule has 0 unspecified atom stereocenters. The molecule has 0 radical (unpaired) electrons. The molecule has 0 N–H and O–H groups in total. The lowest BCUT2D eigenvalue weighted by Gasteiger charge is -2.07. The van der Waals surface area contributed by atoms with Gasteiger partial charge in [0.15, 0.2) is 24.0 Å². The lowest BCUT2D eigenvalue weighted by atomic mass is 10.1. The summed E-state index contributed by atoms with van der Waals surface area (Å²) in [4.78, 5) is 12.9. The van der Waals surface area contributed by atoms with Crippen molar-refractivity contribution in [3.05, 3.63) is 59.7 Å². The number of thioether (sulfide) groups is 1. The molecule has 5 heteroatoms. The lowest BCUT2D eigenvalue weighted by molar-refractivity contribution is 0.0918. The molecule has 2 aromatic carbocycles. The molecule has 2 rings (SSSR count). The first-order chi connectivity index (χ1) is 9.61. The van der Waals surface area contributed by atoms with Crippen LogP contribution in [-0.4, -0.2) is 18.6 Å². The van der Waals surface area contributed by atoms with Crippen LogP contribution in [0.2, 0.25) is 0 Å². The van der Waals surface area contributed by atoms with Gasteiger partial charge in [0.25, 0.3) is 0 Å². The highest BCUT2D eigenvalue weighted by Gasteiger charge is 2.11. The van der Waals surface area contributed by atoms with E-state index in [-0.39, 0.29) is 18.1 Å². The van der Waals surface area contributed by atoms with Crippen molar-refractivity contribution in [3.8, 4) is 5.75 Å². The number of carbonyl (C=O) groups excluding carboxylic acids is 1. The number of carbonyl (C=O) groups is 1. The maximum Gasteiger partial charge on any atom is 0.200 e. The molecule has 0 saturated carbocycles. The topological polar surface area (TPSA) is 26.3 Å². The quantitative estimate of drug-likeness (QED) is 0.617. The van der Waals surface area contributed by atoms with Crippen LogP contribution in [0.1, 0.15) is 10.4 Å². The molecule has 0 heterocycles. The van der Waals surface area contributed by atoms with Gasteiger partial charge in [-0.05, 0) is 30.5 Å². The minimum absolute atomic E-state index is 0.265. The number of halogens is 2. The lowest BCUT2D eigenvalue weighted by Crippen LogP contribution is -2.12. The minimum Gasteiger partial charge on any atom is -0.482 e. The van der Waals surface area contributed by atoms with Gasteiger partial charge in [-0.15, -0.1) is 11.8 Å². The van der Waals surface area contributed by atoms with E-state index in [9.17, 15) is 13.6 Å². The SMILES string of the molecule is CSc1ccc(C(=O)COc2cccc(F)c2F)cc1. The summed E-state index contributed by atoms with van der Waals surface area (Å²) in [7, 11) is 0. The summed E-state index contributed by atoms with van der Waals surface area (Å²) in [6.45, 7) is -0.334. The van der Waals surface area contributed by atoms with E-state index in [0.29, 0.717) is 5.56 Å². The number of hydrogen-bond donors (Lipinski definition) is 0. The molecule has 0 aliphatic heterocycles. The van der Waals surface area contributed by atoms with Crippen molar-refractivity contribution in [1.29, 1.82) is 0 Å². The van der Waals surface area contributed by atoms with Crippen LogP contribution < -0.4 is 4.74 Å². The van der Waals surface area contributed by atoms with E-state index in [2.05, 4.69) is 0 Å². The molecule has 0 bridgehead atoms. The van der Waals surface area contributed by atoms with Crippen LogP contribution in [0.3, 0.4) is 0 Å². The van der Waals surface area contributed by atoms with Crippen LogP contribution in [-0.2, 0) is 0 Å². The Morgan fingerprint density at radius 3 is 2.50 bits per heavy atom. The van der Waals surface area contributed by atoms with Crippen molar-refractivity contribution < 1.29 is 18.3 Å². The van der Waals surface area contributed by atoms with E-state index >= 15 is 0 Å². The molecular weight excluding hydrogens is 282 g/mol. The molecule has 0 saturated heterocycles. The van der Waals surface area contributed by atoms with Gasteiger partial charge in [-0.2, -0.15) is 4.39 Å². The Balaban J connectivity index is 2.02. The summed E-state index contributed by atoms with van der Waals surface area (Å²) in [6, 6.07) is 10.6. The smallest absolute Gasteiger partial charge is 0.200 e. The third-order valence-corrected chi connectivity index (χ3v) is 3.43. The van der Waals surface area contributed by atoms with Crippen molar-refractivity contribution in [2.24, 2.45) is 0 Å². The summed E-state index contributed by atoms with van der Waals surface area (Å²) < 4.78 is 31.3. The van der Waals surface area contributed by atoms with Crippen molar-refractivity contribution in [2.75, 3.05) is 12.9 Å².